The van der Waals surface area contributed by atoms with Crippen LogP contribution in [0.3, 0.4) is 0 Å². The number of nitrogens with one attached hydrogen (secondary N) is 2. The molecule has 3 nitrogen and oxygen atoms in total. The van der Waals surface area contributed by atoms with Crippen molar-refractivity contribution in [1.29, 1.82) is 0 Å². The zero-order valence-electron chi connectivity index (χ0n) is 13.5. The summed E-state index contributed by atoms with van der Waals surface area (Å²) in [5.74, 6) is 2.28. The summed E-state index contributed by atoms with van der Waals surface area (Å²) in [7, 11) is 0. The molecule has 1 fully saturated rings. The second-order valence-corrected chi connectivity index (χ2v) is 7.99. The van der Waals surface area contributed by atoms with E-state index in [0.717, 1.165) is 23.6 Å². The van der Waals surface area contributed by atoms with E-state index in [0.29, 0.717) is 19.0 Å². The van der Waals surface area contributed by atoms with Crippen molar-refractivity contribution in [2.24, 2.45) is 0 Å². The fourth-order valence-electron chi connectivity index (χ4n) is 2.61. The molecule has 1 amide bonds. The van der Waals surface area contributed by atoms with Gasteiger partial charge in [-0.15, -0.1) is 0 Å². The van der Waals surface area contributed by atoms with Crippen molar-refractivity contribution in [3.8, 4) is 0 Å². The maximum absolute atomic E-state index is 12.2. The average molecular weight is 359 g/mol. The predicted octanol–water partition coefficient (Wildman–Crippen LogP) is 3.55. The van der Waals surface area contributed by atoms with Crippen LogP contribution >= 0.6 is 23.5 Å². The lowest BCUT2D eigenvalue weighted by Crippen LogP contribution is -2.41. The molecular weight excluding hydrogens is 336 g/mol. The third-order valence-corrected chi connectivity index (χ3v) is 6.11. The molecule has 0 saturated carbocycles. The topological polar surface area (TPSA) is 41.1 Å². The Labute approximate surface area is 152 Å². The second kappa shape index (κ2) is 9.16. The van der Waals surface area contributed by atoms with Gasteiger partial charge < -0.3 is 10.6 Å². The second-order valence-electron chi connectivity index (χ2n) is 5.73. The number of carbonyl (C=O) groups is 1. The van der Waals surface area contributed by atoms with E-state index in [1.54, 1.807) is 11.8 Å². The van der Waals surface area contributed by atoms with E-state index in [9.17, 15) is 4.79 Å². The Morgan fingerprint density at radius 1 is 1.17 bits per heavy atom. The van der Waals surface area contributed by atoms with Crippen LogP contribution in [0.5, 0.6) is 0 Å². The van der Waals surface area contributed by atoms with Gasteiger partial charge in [-0.1, -0.05) is 48.2 Å². The van der Waals surface area contributed by atoms with Crippen LogP contribution in [-0.2, 0) is 11.3 Å². The Morgan fingerprint density at radius 2 is 1.96 bits per heavy atom. The largest absolute Gasteiger partial charge is 0.352 e. The zero-order valence-corrected chi connectivity index (χ0v) is 15.2. The fourth-order valence-corrected chi connectivity index (χ4v) is 4.52. The summed E-state index contributed by atoms with van der Waals surface area (Å²) in [6.45, 7) is 1.58. The summed E-state index contributed by atoms with van der Waals surface area (Å²) in [6.07, 6.45) is 0.557. The van der Waals surface area contributed by atoms with Gasteiger partial charge in [-0.05, 0) is 23.8 Å². The highest BCUT2D eigenvalue weighted by Crippen LogP contribution is 2.30. The minimum absolute atomic E-state index is 0.120. The molecule has 2 aromatic carbocycles. The van der Waals surface area contributed by atoms with Gasteiger partial charge in [0.2, 0.25) is 5.91 Å². The van der Waals surface area contributed by atoms with Crippen molar-refractivity contribution in [1.82, 2.24) is 10.6 Å². The Bertz CT molecular complexity index is 657. The van der Waals surface area contributed by atoms with Crippen LogP contribution in [0.15, 0.2) is 64.4 Å². The van der Waals surface area contributed by atoms with Gasteiger partial charge in [0.1, 0.15) is 0 Å². The fraction of sp³-hybridized carbons (Fsp3) is 0.316. The van der Waals surface area contributed by atoms with E-state index >= 15 is 0 Å². The molecule has 3 rings (SSSR count). The van der Waals surface area contributed by atoms with Crippen molar-refractivity contribution in [3.63, 3.8) is 0 Å². The molecule has 2 aromatic rings. The molecule has 24 heavy (non-hydrogen) atoms. The lowest BCUT2D eigenvalue weighted by Gasteiger charge is -2.22. The van der Waals surface area contributed by atoms with E-state index in [-0.39, 0.29) is 5.91 Å². The van der Waals surface area contributed by atoms with E-state index in [2.05, 4.69) is 34.9 Å². The average Bonchev–Trinajstić information content (AvgIpc) is 2.63. The summed E-state index contributed by atoms with van der Waals surface area (Å²) in [5, 5.41) is 6.48. The summed E-state index contributed by atoms with van der Waals surface area (Å²) in [4.78, 5) is 14.6. The molecule has 0 bridgehead atoms. The van der Waals surface area contributed by atoms with Gasteiger partial charge in [0, 0.05) is 46.8 Å². The number of rotatable bonds is 6. The number of thioether (sulfide) groups is 1. The first-order valence-electron chi connectivity index (χ1n) is 8.20. The first kappa shape index (κ1) is 17.4. The molecular formula is C19H22N2OS2. The van der Waals surface area contributed by atoms with Crippen LogP contribution < -0.4 is 10.6 Å². The third-order valence-electron chi connectivity index (χ3n) is 3.85. The van der Waals surface area contributed by atoms with Crippen molar-refractivity contribution >= 4 is 29.4 Å². The summed E-state index contributed by atoms with van der Waals surface area (Å²) in [5.41, 5.74) is 1.16. The Hall–Kier alpha value is -1.43. The summed E-state index contributed by atoms with van der Waals surface area (Å²) in [6, 6.07) is 18.9. The zero-order chi connectivity index (χ0) is 16.6. The molecule has 1 unspecified atom stereocenters. The number of amides is 1. The van der Waals surface area contributed by atoms with Crippen LogP contribution in [-0.4, -0.2) is 30.0 Å². The molecule has 1 atom stereocenters. The minimum Gasteiger partial charge on any atom is -0.352 e. The molecule has 0 aromatic heterocycles. The molecule has 1 aliphatic rings. The van der Waals surface area contributed by atoms with Gasteiger partial charge in [0.15, 0.2) is 0 Å². The van der Waals surface area contributed by atoms with Crippen molar-refractivity contribution in [2.75, 3.05) is 18.1 Å². The monoisotopic (exact) mass is 358 g/mol. The summed E-state index contributed by atoms with van der Waals surface area (Å²) < 4.78 is 0. The highest BCUT2D eigenvalue weighted by molar-refractivity contribution is 7.99. The molecule has 126 valence electrons. The van der Waals surface area contributed by atoms with Gasteiger partial charge in [-0.3, -0.25) is 4.79 Å². The quantitative estimate of drug-likeness (QED) is 0.829. The SMILES string of the molecule is O=C(CC1CSCCN1)NCc1ccccc1Sc1ccccc1. The molecule has 1 saturated heterocycles. The van der Waals surface area contributed by atoms with E-state index < -0.39 is 0 Å². The van der Waals surface area contributed by atoms with Crippen molar-refractivity contribution in [2.45, 2.75) is 28.8 Å². The molecule has 2 N–H and O–H groups in total. The maximum Gasteiger partial charge on any atom is 0.221 e. The standard InChI is InChI=1S/C19H22N2OS2/c22-19(12-16-14-23-11-10-20-16)21-13-15-6-4-5-9-18(15)24-17-7-2-1-3-8-17/h1-9,16,20H,10-14H2,(H,21,22). The molecule has 1 aliphatic heterocycles. The first-order valence-corrected chi connectivity index (χ1v) is 10.2. The van der Waals surface area contributed by atoms with Gasteiger partial charge in [0.05, 0.1) is 0 Å². The van der Waals surface area contributed by atoms with Crippen LogP contribution in [0, 0.1) is 0 Å². The summed E-state index contributed by atoms with van der Waals surface area (Å²) >= 11 is 3.65. The van der Waals surface area contributed by atoms with Gasteiger partial charge in [0.25, 0.3) is 0 Å². The highest BCUT2D eigenvalue weighted by Gasteiger charge is 2.16. The van der Waals surface area contributed by atoms with Crippen molar-refractivity contribution in [3.05, 3.63) is 60.2 Å². The number of hydrogen-bond acceptors (Lipinski definition) is 4. The Morgan fingerprint density at radius 3 is 2.75 bits per heavy atom. The van der Waals surface area contributed by atoms with Crippen LogP contribution in [0.25, 0.3) is 0 Å². The third kappa shape index (κ3) is 5.30. The first-order chi connectivity index (χ1) is 11.8. The maximum atomic E-state index is 12.2. The minimum atomic E-state index is 0.120. The van der Waals surface area contributed by atoms with Gasteiger partial charge in [-0.2, -0.15) is 11.8 Å². The Kier molecular flexibility index (Phi) is 6.64. The van der Waals surface area contributed by atoms with Gasteiger partial charge >= 0.3 is 0 Å². The number of hydrogen-bond donors (Lipinski definition) is 2. The lowest BCUT2D eigenvalue weighted by atomic mass is 10.2. The Balaban J connectivity index is 1.55. The molecule has 1 heterocycles. The smallest absolute Gasteiger partial charge is 0.221 e. The van der Waals surface area contributed by atoms with Gasteiger partial charge in [-0.25, -0.2) is 0 Å². The van der Waals surface area contributed by atoms with Crippen LogP contribution in [0.4, 0.5) is 0 Å². The predicted molar refractivity (Wildman–Crippen MR) is 103 cm³/mol. The van der Waals surface area contributed by atoms with Crippen molar-refractivity contribution < 1.29 is 4.79 Å². The highest BCUT2D eigenvalue weighted by atomic mass is 32.2. The van der Waals surface area contributed by atoms with Crippen LogP contribution in [0.1, 0.15) is 12.0 Å². The molecule has 5 heteroatoms. The normalized spacial score (nSPS) is 17.4. The lowest BCUT2D eigenvalue weighted by molar-refractivity contribution is -0.121. The van der Waals surface area contributed by atoms with E-state index in [4.69, 9.17) is 0 Å². The molecule has 0 radical (unpaired) electrons. The molecule has 0 spiro atoms. The number of benzene rings is 2. The van der Waals surface area contributed by atoms with Crippen LogP contribution in [0.2, 0.25) is 0 Å². The molecule has 0 aliphatic carbocycles. The van der Waals surface area contributed by atoms with E-state index in [1.807, 2.05) is 42.1 Å². The van der Waals surface area contributed by atoms with E-state index in [1.165, 1.54) is 9.79 Å². The number of carbonyl (C=O) groups excluding carboxylic acids is 1.